The van der Waals surface area contributed by atoms with Crippen LogP contribution in [0.25, 0.3) is 11.2 Å². The van der Waals surface area contributed by atoms with Crippen LogP contribution < -0.4 is 26.4 Å². The molecule has 3 unspecified atom stereocenters. The lowest BCUT2D eigenvalue weighted by atomic mass is 10.1. The first kappa shape index (κ1) is 25.7. The van der Waals surface area contributed by atoms with Crippen LogP contribution in [0.4, 0.5) is 17.3 Å². The van der Waals surface area contributed by atoms with Crippen LogP contribution in [0.1, 0.15) is 6.23 Å². The number of amides is 1. The molecule has 1 amide bonds. The molecule has 0 spiro atoms. The first-order valence-electron chi connectivity index (χ1n) is 11.0. The van der Waals surface area contributed by atoms with Gasteiger partial charge in [-0.25, -0.2) is 4.98 Å². The minimum Gasteiger partial charge on any atom is -0.756 e. The Bertz CT molecular complexity index is 1440. The lowest BCUT2D eigenvalue weighted by molar-refractivity contribution is -0.245. The van der Waals surface area contributed by atoms with Crippen molar-refractivity contribution in [2.45, 2.75) is 29.7 Å². The van der Waals surface area contributed by atoms with Crippen LogP contribution in [0, 0.1) is 0 Å². The maximum absolute atomic E-state index is 12.6. The average Bonchev–Trinajstić information content (AvgIpc) is 3.34. The summed E-state index contributed by atoms with van der Waals surface area (Å²) in [6.07, 6.45) is -4.90. The standard InChI is InChI=1S/C20H24N7O8PS/c1-26(2)10-5-3-9(4-6-10)22-12(28)8-37-20-23-13-16(24-19(21)25-17(13)30)27(20)18-14(29)15-11(34-18)7-33-36(31,32)35-15/h3-6,11,14-15,18,29H,7-8H2,1-2H3,(H,22,28)(H,31,32)(H3,21,24,25,30)/p-1/t11?,14?,15-,18-/m1/s1. The van der Waals surface area contributed by atoms with E-state index in [1.54, 1.807) is 12.1 Å². The van der Waals surface area contributed by atoms with Gasteiger partial charge in [0, 0.05) is 25.5 Å². The topological polar surface area (TPSA) is 210 Å². The minimum absolute atomic E-state index is 0.0163. The Labute approximate surface area is 213 Å². The molecule has 0 saturated carbocycles. The fraction of sp³-hybridized carbons (Fsp3) is 0.400. The quantitative estimate of drug-likeness (QED) is 0.228. The van der Waals surface area contributed by atoms with E-state index in [9.17, 15) is 24.2 Å². The molecule has 2 aliphatic rings. The number of hydrogen-bond donors (Lipinski definition) is 4. The number of phosphoric acid groups is 1. The van der Waals surface area contributed by atoms with E-state index in [1.807, 2.05) is 31.1 Å². The van der Waals surface area contributed by atoms with E-state index in [0.29, 0.717) is 5.69 Å². The van der Waals surface area contributed by atoms with Crippen molar-refractivity contribution in [2.24, 2.45) is 0 Å². The molecule has 2 fully saturated rings. The predicted octanol–water partition coefficient (Wildman–Crippen LogP) is -0.359. The molecule has 37 heavy (non-hydrogen) atoms. The van der Waals surface area contributed by atoms with Gasteiger partial charge in [-0.05, 0) is 24.3 Å². The number of carbonyl (C=O) groups is 1. The summed E-state index contributed by atoms with van der Waals surface area (Å²) in [6.45, 7) is -0.362. The van der Waals surface area contributed by atoms with Crippen molar-refractivity contribution < 1.29 is 33.1 Å². The highest BCUT2D eigenvalue weighted by molar-refractivity contribution is 7.99. The van der Waals surface area contributed by atoms with Crippen LogP contribution in [-0.2, 0) is 23.1 Å². The lowest BCUT2D eigenvalue weighted by Gasteiger charge is -2.34. The van der Waals surface area contributed by atoms with Gasteiger partial charge in [0.25, 0.3) is 13.4 Å². The number of nitrogens with one attached hydrogen (secondary N) is 2. The van der Waals surface area contributed by atoms with Gasteiger partial charge in [-0.3, -0.25) is 23.7 Å². The highest BCUT2D eigenvalue weighted by Gasteiger charge is 2.51. The molecule has 15 nitrogen and oxygen atoms in total. The van der Waals surface area contributed by atoms with Crippen molar-refractivity contribution in [2.75, 3.05) is 42.4 Å². The largest absolute Gasteiger partial charge is 0.756 e. The molecule has 5 atom stereocenters. The number of anilines is 3. The smallest absolute Gasteiger partial charge is 0.280 e. The highest BCUT2D eigenvalue weighted by Crippen LogP contribution is 2.50. The number of rotatable bonds is 6. The number of thioether (sulfide) groups is 1. The Morgan fingerprint density at radius 2 is 2.11 bits per heavy atom. The van der Waals surface area contributed by atoms with Crippen molar-refractivity contribution in [3.05, 3.63) is 34.6 Å². The Kier molecular flexibility index (Phi) is 6.74. The molecule has 0 bridgehead atoms. The molecule has 0 radical (unpaired) electrons. The molecule has 4 heterocycles. The second kappa shape index (κ2) is 9.72. The van der Waals surface area contributed by atoms with Crippen molar-refractivity contribution in [1.82, 2.24) is 19.5 Å². The summed E-state index contributed by atoms with van der Waals surface area (Å²) < 4.78 is 28.5. The SMILES string of the molecule is CN(C)c1ccc(NC(=O)CSc2nc3c(=O)[nH]c(N)nc3n2[C@@H]2OC3COP(=O)([O-])O[C@H]3C2O)cc1. The van der Waals surface area contributed by atoms with Gasteiger partial charge in [-0.2, -0.15) is 4.98 Å². The third-order valence-electron chi connectivity index (χ3n) is 5.75. The zero-order valence-electron chi connectivity index (χ0n) is 19.6. The van der Waals surface area contributed by atoms with Crippen LogP contribution >= 0.6 is 19.6 Å². The first-order chi connectivity index (χ1) is 17.5. The molecular weight excluding hydrogens is 529 g/mol. The molecule has 2 aliphatic heterocycles. The number of hydrogen-bond acceptors (Lipinski definition) is 13. The number of aliphatic hydroxyl groups excluding tert-OH is 1. The van der Waals surface area contributed by atoms with Crippen LogP contribution in [0.5, 0.6) is 0 Å². The number of imidazole rings is 1. The predicted molar refractivity (Wildman–Crippen MR) is 131 cm³/mol. The van der Waals surface area contributed by atoms with E-state index in [2.05, 4.69) is 24.8 Å². The molecule has 3 aromatic rings. The summed E-state index contributed by atoms with van der Waals surface area (Å²) in [7, 11) is -0.797. The molecule has 2 aromatic heterocycles. The van der Waals surface area contributed by atoms with E-state index >= 15 is 0 Å². The Morgan fingerprint density at radius 1 is 1.38 bits per heavy atom. The van der Waals surface area contributed by atoms with Crippen molar-refractivity contribution >= 4 is 54.0 Å². The summed E-state index contributed by atoms with van der Waals surface area (Å²) in [5.74, 6) is -0.673. The van der Waals surface area contributed by atoms with Crippen LogP contribution in [-0.4, -0.2) is 75.3 Å². The monoisotopic (exact) mass is 552 g/mol. The Morgan fingerprint density at radius 3 is 2.81 bits per heavy atom. The average molecular weight is 552 g/mol. The Balaban J connectivity index is 1.41. The minimum atomic E-state index is -4.61. The summed E-state index contributed by atoms with van der Waals surface area (Å²) in [5, 5.41) is 13.8. The molecule has 5 rings (SSSR count). The van der Waals surface area contributed by atoms with E-state index in [4.69, 9.17) is 15.0 Å². The Hall–Kier alpha value is -2.98. The second-order valence-corrected chi connectivity index (χ2v) is 10.8. The summed E-state index contributed by atoms with van der Waals surface area (Å²) in [4.78, 5) is 49.6. The van der Waals surface area contributed by atoms with Gasteiger partial charge < -0.3 is 39.7 Å². The zero-order chi connectivity index (χ0) is 26.5. The maximum atomic E-state index is 12.6. The van der Waals surface area contributed by atoms with Gasteiger partial charge in [-0.15, -0.1) is 0 Å². The third-order valence-corrected chi connectivity index (χ3v) is 7.67. The third kappa shape index (κ3) is 5.09. The summed E-state index contributed by atoms with van der Waals surface area (Å²) >= 11 is 0.963. The number of carbonyl (C=O) groups excluding carboxylic acids is 1. The van der Waals surface area contributed by atoms with Gasteiger partial charge in [-0.1, -0.05) is 11.8 Å². The molecular formula is C20H23N7O8PS-. The van der Waals surface area contributed by atoms with Crippen LogP contribution in [0.3, 0.4) is 0 Å². The van der Waals surface area contributed by atoms with Crippen molar-refractivity contribution in [3.63, 3.8) is 0 Å². The van der Waals surface area contributed by atoms with Crippen molar-refractivity contribution in [1.29, 1.82) is 0 Å². The number of nitrogen functional groups attached to an aromatic ring is 1. The number of aliphatic hydroxyl groups is 1. The molecule has 17 heteroatoms. The number of fused-ring (bicyclic) bond motifs is 2. The molecule has 0 aliphatic carbocycles. The number of nitrogens with zero attached hydrogens (tertiary/aromatic N) is 4. The lowest BCUT2D eigenvalue weighted by Crippen LogP contribution is -2.41. The zero-order valence-corrected chi connectivity index (χ0v) is 21.3. The highest BCUT2D eigenvalue weighted by atomic mass is 32.2. The van der Waals surface area contributed by atoms with Gasteiger partial charge in [0.2, 0.25) is 11.9 Å². The number of benzene rings is 1. The second-order valence-electron chi connectivity index (χ2n) is 8.53. The fourth-order valence-corrected chi connectivity index (χ4v) is 5.79. The summed E-state index contributed by atoms with van der Waals surface area (Å²) in [6, 6.07) is 7.24. The fourth-order valence-electron chi connectivity index (χ4n) is 4.02. The van der Waals surface area contributed by atoms with Gasteiger partial charge in [0.15, 0.2) is 22.5 Å². The van der Waals surface area contributed by atoms with Gasteiger partial charge >= 0.3 is 0 Å². The first-order valence-corrected chi connectivity index (χ1v) is 13.4. The number of nitrogens with two attached hydrogens (primary N) is 1. The van der Waals surface area contributed by atoms with E-state index < -0.39 is 37.9 Å². The number of aromatic amines is 1. The number of aromatic nitrogens is 4. The normalized spacial score (nSPS) is 27.2. The summed E-state index contributed by atoms with van der Waals surface area (Å²) in [5.41, 5.74) is 6.52. The van der Waals surface area contributed by atoms with E-state index in [0.717, 1.165) is 17.4 Å². The number of phosphoric ester groups is 1. The van der Waals surface area contributed by atoms with Crippen LogP contribution in [0.2, 0.25) is 0 Å². The molecule has 5 N–H and O–H groups in total. The van der Waals surface area contributed by atoms with Crippen LogP contribution in [0.15, 0.2) is 34.2 Å². The maximum Gasteiger partial charge on any atom is 0.280 e. The molecule has 2 saturated heterocycles. The van der Waals surface area contributed by atoms with E-state index in [1.165, 1.54) is 4.57 Å². The van der Waals surface area contributed by atoms with Crippen molar-refractivity contribution in [3.8, 4) is 0 Å². The number of H-pyrrole nitrogens is 1. The van der Waals surface area contributed by atoms with Gasteiger partial charge in [0.05, 0.1) is 12.4 Å². The van der Waals surface area contributed by atoms with Gasteiger partial charge in [0.1, 0.15) is 18.3 Å². The van der Waals surface area contributed by atoms with E-state index in [-0.39, 0.29) is 40.5 Å². The number of ether oxygens (including phenoxy) is 1. The molecule has 198 valence electrons. The molecule has 1 aromatic carbocycles.